The molecule has 204 valence electrons. The Hall–Kier alpha value is -2.22. The molecule has 2 N–H and O–H groups in total. The number of carbonyl (C=O) groups is 3. The molecular weight excluding hydrogens is 474 g/mol. The normalized spacial score (nSPS) is 13.5. The van der Waals surface area contributed by atoms with Gasteiger partial charge in [0.1, 0.15) is 17.7 Å². The van der Waals surface area contributed by atoms with Gasteiger partial charge in [0, 0.05) is 17.8 Å². The lowest BCUT2D eigenvalue weighted by molar-refractivity contribution is -0.142. The van der Waals surface area contributed by atoms with Crippen LogP contribution in [0.1, 0.15) is 96.9 Å². The number of thiol groups is 1. The van der Waals surface area contributed by atoms with E-state index in [1.807, 2.05) is 52.8 Å². The van der Waals surface area contributed by atoms with Gasteiger partial charge in [-0.15, -0.1) is 0 Å². The summed E-state index contributed by atoms with van der Waals surface area (Å²) in [5, 5.41) is 5.72. The molecule has 2 unspecified atom stereocenters. The molecule has 0 aliphatic carbocycles. The van der Waals surface area contributed by atoms with Gasteiger partial charge in [-0.3, -0.25) is 9.59 Å². The van der Waals surface area contributed by atoms with Gasteiger partial charge in [0.2, 0.25) is 11.8 Å². The lowest BCUT2D eigenvalue weighted by Crippen LogP contribution is -2.55. The quantitative estimate of drug-likeness (QED) is 0.265. The Morgan fingerprint density at radius 2 is 1.56 bits per heavy atom. The molecule has 0 bridgehead atoms. The van der Waals surface area contributed by atoms with Crippen molar-refractivity contribution in [2.24, 2.45) is 0 Å². The topological polar surface area (TPSA) is 87.7 Å². The SMILES string of the molecule is CCCCCCN(C(=O)C(CS)NC(=O)OC(C)(C)C)C(C(=O)NC(C)(C)C)c1cc(C)cc(C)c1. The molecule has 36 heavy (non-hydrogen) atoms. The summed E-state index contributed by atoms with van der Waals surface area (Å²) in [7, 11) is 0. The first-order valence-electron chi connectivity index (χ1n) is 12.9. The molecule has 0 saturated carbocycles. The highest BCUT2D eigenvalue weighted by molar-refractivity contribution is 7.80. The summed E-state index contributed by atoms with van der Waals surface area (Å²) in [5.74, 6) is -0.545. The van der Waals surface area contributed by atoms with Crippen molar-refractivity contribution in [2.75, 3.05) is 12.3 Å². The number of carbonyl (C=O) groups excluding carboxylic acids is 3. The van der Waals surface area contributed by atoms with E-state index in [0.717, 1.165) is 42.4 Å². The van der Waals surface area contributed by atoms with E-state index < -0.39 is 29.3 Å². The predicted octanol–water partition coefficient (Wildman–Crippen LogP) is 5.49. The Morgan fingerprint density at radius 3 is 2.03 bits per heavy atom. The second-order valence-electron chi connectivity index (χ2n) is 11.5. The van der Waals surface area contributed by atoms with E-state index in [-0.39, 0.29) is 17.6 Å². The molecule has 8 heteroatoms. The maximum Gasteiger partial charge on any atom is 0.408 e. The maximum atomic E-state index is 13.9. The van der Waals surface area contributed by atoms with Gasteiger partial charge in [-0.1, -0.05) is 55.5 Å². The van der Waals surface area contributed by atoms with Crippen LogP contribution in [0.3, 0.4) is 0 Å². The van der Waals surface area contributed by atoms with Crippen LogP contribution in [0.2, 0.25) is 0 Å². The van der Waals surface area contributed by atoms with Crippen molar-refractivity contribution in [3.05, 3.63) is 34.9 Å². The molecule has 0 heterocycles. The Morgan fingerprint density at radius 1 is 0.972 bits per heavy atom. The van der Waals surface area contributed by atoms with E-state index in [4.69, 9.17) is 4.74 Å². The summed E-state index contributed by atoms with van der Waals surface area (Å²) < 4.78 is 5.37. The van der Waals surface area contributed by atoms with Crippen LogP contribution in [0, 0.1) is 13.8 Å². The number of ether oxygens (including phenoxy) is 1. The van der Waals surface area contributed by atoms with Crippen LogP contribution in [0.4, 0.5) is 4.79 Å². The van der Waals surface area contributed by atoms with Crippen molar-refractivity contribution in [1.29, 1.82) is 0 Å². The van der Waals surface area contributed by atoms with Gasteiger partial charge in [0.15, 0.2) is 0 Å². The first kappa shape index (κ1) is 31.8. The maximum absolute atomic E-state index is 13.9. The highest BCUT2D eigenvalue weighted by Gasteiger charge is 2.36. The Balaban J connectivity index is 3.48. The largest absolute Gasteiger partial charge is 0.444 e. The van der Waals surface area contributed by atoms with E-state index >= 15 is 0 Å². The zero-order valence-electron chi connectivity index (χ0n) is 23.7. The molecule has 1 aromatic rings. The van der Waals surface area contributed by atoms with E-state index in [1.54, 1.807) is 25.7 Å². The molecule has 0 aliphatic rings. The van der Waals surface area contributed by atoms with Crippen molar-refractivity contribution >= 4 is 30.5 Å². The van der Waals surface area contributed by atoms with Crippen LogP contribution in [-0.2, 0) is 14.3 Å². The van der Waals surface area contributed by atoms with E-state index in [1.165, 1.54) is 0 Å². The summed E-state index contributed by atoms with van der Waals surface area (Å²) in [6.45, 7) is 17.5. The molecule has 0 radical (unpaired) electrons. The highest BCUT2D eigenvalue weighted by atomic mass is 32.1. The molecule has 3 amide bonds. The monoisotopic (exact) mass is 521 g/mol. The number of hydrogen-bond donors (Lipinski definition) is 3. The molecule has 0 aliphatic heterocycles. The third-order valence-electron chi connectivity index (χ3n) is 5.33. The van der Waals surface area contributed by atoms with Gasteiger partial charge in [-0.2, -0.15) is 12.6 Å². The number of unbranched alkanes of at least 4 members (excludes halogenated alkanes) is 3. The third kappa shape index (κ3) is 11.2. The van der Waals surface area contributed by atoms with Crippen LogP contribution in [0.25, 0.3) is 0 Å². The fraction of sp³-hybridized carbons (Fsp3) is 0.679. The van der Waals surface area contributed by atoms with Crippen molar-refractivity contribution in [3.63, 3.8) is 0 Å². The predicted molar refractivity (Wildman–Crippen MR) is 149 cm³/mol. The van der Waals surface area contributed by atoms with Crippen LogP contribution >= 0.6 is 12.6 Å². The van der Waals surface area contributed by atoms with Crippen molar-refractivity contribution in [2.45, 2.75) is 111 Å². The molecule has 0 spiro atoms. The number of alkyl carbamates (subject to hydrolysis) is 1. The standard InChI is InChI=1S/C28H47N3O4S/c1-10-11-12-13-14-31(25(33)22(18-36)29-26(34)35-28(7,8)9)23(24(32)30-27(4,5)6)21-16-19(2)15-20(3)17-21/h15-17,22-23,36H,10-14,18H2,1-9H3,(H,29,34)(H,30,32). The van der Waals surface area contributed by atoms with E-state index in [0.29, 0.717) is 6.54 Å². The molecule has 0 aromatic heterocycles. The Bertz CT molecular complexity index is 870. The minimum Gasteiger partial charge on any atom is -0.444 e. The van der Waals surface area contributed by atoms with Crippen LogP contribution < -0.4 is 10.6 Å². The number of hydrogen-bond acceptors (Lipinski definition) is 5. The lowest BCUT2D eigenvalue weighted by atomic mass is 9.97. The highest BCUT2D eigenvalue weighted by Crippen LogP contribution is 2.26. The van der Waals surface area contributed by atoms with E-state index in [9.17, 15) is 14.4 Å². The molecule has 2 atom stereocenters. The third-order valence-corrected chi connectivity index (χ3v) is 5.69. The van der Waals surface area contributed by atoms with Crippen LogP contribution in [-0.4, -0.2) is 52.3 Å². The van der Waals surface area contributed by atoms with Gasteiger partial charge in [0.05, 0.1) is 0 Å². The zero-order valence-corrected chi connectivity index (χ0v) is 24.6. The zero-order chi connectivity index (χ0) is 27.7. The minimum absolute atomic E-state index is 0.0734. The van der Waals surface area contributed by atoms with E-state index in [2.05, 4.69) is 30.2 Å². The Kier molecular flexibility index (Phi) is 12.3. The molecule has 1 rings (SSSR count). The molecule has 7 nitrogen and oxygen atoms in total. The molecule has 1 aromatic carbocycles. The fourth-order valence-corrected chi connectivity index (χ4v) is 4.24. The first-order valence-corrected chi connectivity index (χ1v) is 13.5. The molecule has 0 saturated heterocycles. The first-order chi connectivity index (χ1) is 16.6. The fourth-order valence-electron chi connectivity index (χ4n) is 3.99. The van der Waals surface area contributed by atoms with Gasteiger partial charge in [-0.05, 0) is 67.4 Å². The Labute approximate surface area is 223 Å². The number of amides is 3. The summed E-state index contributed by atoms with van der Waals surface area (Å²) in [4.78, 5) is 41.7. The number of nitrogens with zero attached hydrogens (tertiary/aromatic N) is 1. The smallest absolute Gasteiger partial charge is 0.408 e. The summed E-state index contributed by atoms with van der Waals surface area (Å²) in [5.41, 5.74) is 1.57. The van der Waals surface area contributed by atoms with Crippen molar-refractivity contribution in [3.8, 4) is 0 Å². The van der Waals surface area contributed by atoms with Crippen LogP contribution in [0.5, 0.6) is 0 Å². The lowest BCUT2D eigenvalue weighted by Gasteiger charge is -2.36. The summed E-state index contributed by atoms with van der Waals surface area (Å²) >= 11 is 4.35. The van der Waals surface area contributed by atoms with Gasteiger partial charge in [-0.25, -0.2) is 4.79 Å². The second kappa shape index (κ2) is 13.9. The van der Waals surface area contributed by atoms with Gasteiger partial charge >= 0.3 is 6.09 Å². The minimum atomic E-state index is -0.940. The molecular formula is C28H47N3O4S. The summed E-state index contributed by atoms with van der Waals surface area (Å²) in [6.07, 6.45) is 3.08. The van der Waals surface area contributed by atoms with Crippen LogP contribution in [0.15, 0.2) is 18.2 Å². The molecule has 0 fully saturated rings. The summed E-state index contributed by atoms with van der Waals surface area (Å²) in [6, 6.07) is 4.15. The second-order valence-corrected chi connectivity index (χ2v) is 11.9. The van der Waals surface area contributed by atoms with Gasteiger partial charge < -0.3 is 20.3 Å². The van der Waals surface area contributed by atoms with Crippen molar-refractivity contribution < 1.29 is 19.1 Å². The van der Waals surface area contributed by atoms with Crippen molar-refractivity contribution in [1.82, 2.24) is 15.5 Å². The average Bonchev–Trinajstić information content (AvgIpc) is 2.70. The van der Waals surface area contributed by atoms with Gasteiger partial charge in [0.25, 0.3) is 0 Å². The number of nitrogens with one attached hydrogen (secondary N) is 2. The number of aryl methyl sites for hydroxylation is 2. The average molecular weight is 522 g/mol. The number of benzene rings is 1. The number of rotatable bonds is 11.